The van der Waals surface area contributed by atoms with Crippen molar-refractivity contribution in [1.82, 2.24) is 4.98 Å². The molecular formula is C13H21NO3. The molecule has 0 radical (unpaired) electrons. The average Bonchev–Trinajstić information content (AvgIpc) is 2.63. The molecule has 0 bridgehead atoms. The second-order valence-corrected chi connectivity index (χ2v) is 3.79. The summed E-state index contributed by atoms with van der Waals surface area (Å²) in [5.41, 5.74) is 3.66. The van der Waals surface area contributed by atoms with Crippen molar-refractivity contribution in [3.8, 4) is 0 Å². The van der Waals surface area contributed by atoms with Gasteiger partial charge in [0.1, 0.15) is 5.69 Å². The molecule has 1 heterocycles. The van der Waals surface area contributed by atoms with Crippen LogP contribution in [0, 0.1) is 6.92 Å². The lowest BCUT2D eigenvalue weighted by Gasteiger charge is -2.02. The van der Waals surface area contributed by atoms with Gasteiger partial charge in [0, 0.05) is 12.3 Å². The summed E-state index contributed by atoms with van der Waals surface area (Å²) in [4.78, 5) is 14.8. The van der Waals surface area contributed by atoms with E-state index in [4.69, 9.17) is 9.47 Å². The monoisotopic (exact) mass is 239 g/mol. The van der Waals surface area contributed by atoms with Gasteiger partial charge in [0.15, 0.2) is 0 Å². The van der Waals surface area contributed by atoms with E-state index in [1.54, 1.807) is 6.92 Å². The van der Waals surface area contributed by atoms with Crippen molar-refractivity contribution in [3.05, 3.63) is 22.5 Å². The van der Waals surface area contributed by atoms with E-state index in [-0.39, 0.29) is 5.97 Å². The number of nitrogens with one attached hydrogen (secondary N) is 1. The smallest absolute Gasteiger partial charge is 0.355 e. The summed E-state index contributed by atoms with van der Waals surface area (Å²) < 4.78 is 10.4. The molecule has 1 aromatic heterocycles. The molecule has 0 unspecified atom stereocenters. The fourth-order valence-corrected chi connectivity index (χ4v) is 1.91. The number of hydrogen-bond donors (Lipinski definition) is 1. The molecule has 1 N–H and O–H groups in total. The summed E-state index contributed by atoms with van der Waals surface area (Å²) >= 11 is 0. The lowest BCUT2D eigenvalue weighted by atomic mass is 10.1. The van der Waals surface area contributed by atoms with Crippen LogP contribution in [0.1, 0.15) is 48.1 Å². The predicted octanol–water partition coefficient (Wildman–Crippen LogP) is 2.60. The lowest BCUT2D eigenvalue weighted by molar-refractivity contribution is 0.0518. The van der Waals surface area contributed by atoms with E-state index in [1.807, 2.05) is 13.8 Å². The van der Waals surface area contributed by atoms with Gasteiger partial charge in [-0.15, -0.1) is 0 Å². The van der Waals surface area contributed by atoms with Crippen molar-refractivity contribution in [1.29, 1.82) is 0 Å². The maximum absolute atomic E-state index is 11.7. The van der Waals surface area contributed by atoms with Crippen LogP contribution in [-0.2, 0) is 22.5 Å². The van der Waals surface area contributed by atoms with Crippen LogP contribution >= 0.6 is 0 Å². The average molecular weight is 239 g/mol. The standard InChI is InChI=1S/C13H21NO3/c1-5-10-9(4)12(13(15)17-7-3)14-11(10)8-16-6-2/h14H,5-8H2,1-4H3. The van der Waals surface area contributed by atoms with Gasteiger partial charge in [0.2, 0.25) is 0 Å². The van der Waals surface area contributed by atoms with Gasteiger partial charge < -0.3 is 14.5 Å². The van der Waals surface area contributed by atoms with Crippen LogP contribution in [0.25, 0.3) is 0 Å². The van der Waals surface area contributed by atoms with Crippen molar-refractivity contribution in [3.63, 3.8) is 0 Å². The van der Waals surface area contributed by atoms with E-state index >= 15 is 0 Å². The maximum atomic E-state index is 11.7. The highest BCUT2D eigenvalue weighted by Crippen LogP contribution is 2.20. The Balaban J connectivity index is 2.99. The van der Waals surface area contributed by atoms with Crippen molar-refractivity contribution < 1.29 is 14.3 Å². The number of hydrogen-bond acceptors (Lipinski definition) is 3. The lowest BCUT2D eigenvalue weighted by Crippen LogP contribution is -2.06. The first-order valence-corrected chi connectivity index (χ1v) is 6.10. The predicted molar refractivity (Wildman–Crippen MR) is 66.2 cm³/mol. The number of ether oxygens (including phenoxy) is 2. The molecular weight excluding hydrogens is 218 g/mol. The minimum Gasteiger partial charge on any atom is -0.461 e. The Morgan fingerprint density at radius 3 is 2.47 bits per heavy atom. The Bertz CT molecular complexity index is 382. The minimum absolute atomic E-state index is 0.289. The molecule has 0 aliphatic heterocycles. The van der Waals surface area contributed by atoms with E-state index in [0.29, 0.717) is 25.5 Å². The molecule has 0 saturated heterocycles. The summed E-state index contributed by atoms with van der Waals surface area (Å²) in [6, 6.07) is 0. The molecule has 0 aliphatic carbocycles. The molecule has 17 heavy (non-hydrogen) atoms. The largest absolute Gasteiger partial charge is 0.461 e. The number of rotatable bonds is 6. The van der Waals surface area contributed by atoms with Crippen molar-refractivity contribution in [2.75, 3.05) is 13.2 Å². The molecule has 96 valence electrons. The highest BCUT2D eigenvalue weighted by molar-refractivity contribution is 5.89. The Hall–Kier alpha value is -1.29. The van der Waals surface area contributed by atoms with E-state index in [1.165, 1.54) is 0 Å². The molecule has 1 aromatic rings. The first kappa shape index (κ1) is 13.8. The summed E-state index contributed by atoms with van der Waals surface area (Å²) in [5.74, 6) is -0.289. The molecule has 1 rings (SSSR count). The van der Waals surface area contributed by atoms with Gasteiger partial charge in [-0.3, -0.25) is 0 Å². The second kappa shape index (κ2) is 6.45. The van der Waals surface area contributed by atoms with E-state index < -0.39 is 0 Å². The molecule has 0 atom stereocenters. The Kier molecular flexibility index (Phi) is 5.22. The number of aromatic nitrogens is 1. The third-order valence-corrected chi connectivity index (χ3v) is 2.75. The van der Waals surface area contributed by atoms with Gasteiger partial charge >= 0.3 is 5.97 Å². The van der Waals surface area contributed by atoms with Gasteiger partial charge in [-0.05, 0) is 38.3 Å². The van der Waals surface area contributed by atoms with Crippen LogP contribution in [0.2, 0.25) is 0 Å². The van der Waals surface area contributed by atoms with Crippen LogP contribution in [0.3, 0.4) is 0 Å². The Labute approximate surface area is 102 Å². The molecule has 0 spiro atoms. The fourth-order valence-electron chi connectivity index (χ4n) is 1.91. The summed E-state index contributed by atoms with van der Waals surface area (Å²) in [7, 11) is 0. The zero-order valence-corrected chi connectivity index (χ0v) is 11.1. The minimum atomic E-state index is -0.289. The highest BCUT2D eigenvalue weighted by atomic mass is 16.5. The highest BCUT2D eigenvalue weighted by Gasteiger charge is 2.18. The van der Waals surface area contributed by atoms with Crippen molar-refractivity contribution in [2.24, 2.45) is 0 Å². The molecule has 0 fully saturated rings. The van der Waals surface area contributed by atoms with Gasteiger partial charge in [0.25, 0.3) is 0 Å². The van der Waals surface area contributed by atoms with E-state index in [2.05, 4.69) is 11.9 Å². The number of H-pyrrole nitrogens is 1. The fraction of sp³-hybridized carbons (Fsp3) is 0.615. The molecule has 4 heteroatoms. The van der Waals surface area contributed by atoms with Gasteiger partial charge in [0.05, 0.1) is 13.2 Å². The molecule has 0 aliphatic rings. The third kappa shape index (κ3) is 3.09. The SMILES string of the molecule is CCOCc1[nH]c(C(=O)OCC)c(C)c1CC. The third-order valence-electron chi connectivity index (χ3n) is 2.75. The van der Waals surface area contributed by atoms with Gasteiger partial charge in [-0.25, -0.2) is 4.79 Å². The second-order valence-electron chi connectivity index (χ2n) is 3.79. The number of aromatic amines is 1. The first-order chi connectivity index (χ1) is 8.15. The van der Waals surface area contributed by atoms with E-state index in [0.717, 1.165) is 23.2 Å². The van der Waals surface area contributed by atoms with E-state index in [9.17, 15) is 4.79 Å². The zero-order valence-electron chi connectivity index (χ0n) is 11.1. The van der Waals surface area contributed by atoms with Crippen LogP contribution in [-0.4, -0.2) is 24.2 Å². The number of esters is 1. The van der Waals surface area contributed by atoms with Crippen LogP contribution in [0.4, 0.5) is 0 Å². The number of carbonyl (C=O) groups excluding carboxylic acids is 1. The quantitative estimate of drug-likeness (QED) is 0.776. The zero-order chi connectivity index (χ0) is 12.8. The molecule has 4 nitrogen and oxygen atoms in total. The summed E-state index contributed by atoms with van der Waals surface area (Å²) in [5, 5.41) is 0. The van der Waals surface area contributed by atoms with Crippen LogP contribution < -0.4 is 0 Å². The van der Waals surface area contributed by atoms with Crippen molar-refractivity contribution >= 4 is 5.97 Å². The first-order valence-electron chi connectivity index (χ1n) is 6.10. The van der Waals surface area contributed by atoms with Gasteiger partial charge in [-0.2, -0.15) is 0 Å². The Morgan fingerprint density at radius 1 is 1.24 bits per heavy atom. The maximum Gasteiger partial charge on any atom is 0.355 e. The normalized spacial score (nSPS) is 10.6. The number of carbonyl (C=O) groups is 1. The Morgan fingerprint density at radius 2 is 1.94 bits per heavy atom. The summed E-state index contributed by atoms with van der Waals surface area (Å²) in [6.45, 7) is 9.33. The molecule has 0 saturated carbocycles. The van der Waals surface area contributed by atoms with Crippen molar-refractivity contribution in [2.45, 2.75) is 40.7 Å². The topological polar surface area (TPSA) is 51.3 Å². The molecule has 0 amide bonds. The summed E-state index contributed by atoms with van der Waals surface area (Å²) in [6.07, 6.45) is 0.879. The van der Waals surface area contributed by atoms with Gasteiger partial charge in [-0.1, -0.05) is 6.92 Å². The van der Waals surface area contributed by atoms with Crippen LogP contribution in [0.5, 0.6) is 0 Å². The molecule has 0 aromatic carbocycles. The van der Waals surface area contributed by atoms with Crippen LogP contribution in [0.15, 0.2) is 0 Å².